The van der Waals surface area contributed by atoms with Gasteiger partial charge in [0.2, 0.25) is 5.91 Å². The minimum Gasteiger partial charge on any atom is -0.384 e. The predicted octanol–water partition coefficient (Wildman–Crippen LogP) is 1.66. The summed E-state index contributed by atoms with van der Waals surface area (Å²) in [7, 11) is -3.18. The zero-order valence-electron chi connectivity index (χ0n) is 12.1. The number of benzene rings is 1. The van der Waals surface area contributed by atoms with Crippen LogP contribution in [0.4, 0.5) is 13.2 Å². The molecule has 0 aliphatic rings. The number of methoxy groups -OCH3 is 1. The van der Waals surface area contributed by atoms with Crippen LogP contribution in [0.2, 0.25) is 0 Å². The number of ether oxygens (including phenoxy) is 1. The number of hydrogen-bond acceptors (Lipinski definition) is 5. The molecule has 1 rings (SSSR count). The monoisotopic (exact) mass is 350 g/mol. The van der Waals surface area contributed by atoms with Crippen LogP contribution < -0.4 is 4.72 Å². The maximum atomic E-state index is 12.8. The van der Waals surface area contributed by atoms with Crippen molar-refractivity contribution in [2.24, 2.45) is 5.92 Å². The molecule has 0 aliphatic carbocycles. The Morgan fingerprint density at radius 3 is 2.52 bits per heavy atom. The van der Waals surface area contributed by atoms with Gasteiger partial charge in [0.25, 0.3) is 10.0 Å². The van der Waals surface area contributed by atoms with Gasteiger partial charge in [-0.25, -0.2) is 13.1 Å². The Morgan fingerprint density at radius 1 is 1.43 bits per heavy atom. The van der Waals surface area contributed by atoms with Crippen LogP contribution >= 0.6 is 0 Å². The molecule has 126 valence electrons. The molecule has 0 unspecified atom stereocenters. The van der Waals surface area contributed by atoms with Gasteiger partial charge in [-0.1, -0.05) is 6.92 Å². The second-order valence-corrected chi connectivity index (χ2v) is 6.33. The number of halogens is 3. The van der Waals surface area contributed by atoms with E-state index in [-0.39, 0.29) is 6.61 Å². The van der Waals surface area contributed by atoms with E-state index in [0.717, 1.165) is 12.1 Å². The molecule has 0 radical (unpaired) electrons. The fourth-order valence-corrected chi connectivity index (χ4v) is 2.74. The molecule has 1 amide bonds. The number of nitriles is 1. The number of alkyl halides is 3. The van der Waals surface area contributed by atoms with E-state index in [9.17, 15) is 26.4 Å². The van der Waals surface area contributed by atoms with Crippen LogP contribution in [0, 0.1) is 17.2 Å². The van der Waals surface area contributed by atoms with Crippen LogP contribution in [-0.2, 0) is 25.7 Å². The SMILES string of the molecule is COC[C@H](C)C(=O)NS(=O)(=O)c1ccc(C#N)c(C(F)(F)F)c1. The minimum atomic E-state index is -4.90. The van der Waals surface area contributed by atoms with E-state index in [0.29, 0.717) is 6.07 Å². The van der Waals surface area contributed by atoms with Crippen LogP contribution in [0.5, 0.6) is 0 Å². The zero-order valence-corrected chi connectivity index (χ0v) is 13.0. The molecule has 0 bridgehead atoms. The molecule has 0 saturated heterocycles. The molecule has 0 aliphatic heterocycles. The van der Waals surface area contributed by atoms with Crippen LogP contribution in [-0.4, -0.2) is 28.0 Å². The minimum absolute atomic E-state index is 0.0531. The smallest absolute Gasteiger partial charge is 0.384 e. The Balaban J connectivity index is 3.20. The molecule has 0 aromatic heterocycles. The molecule has 1 N–H and O–H groups in total. The number of carbonyl (C=O) groups excluding carboxylic acids is 1. The van der Waals surface area contributed by atoms with Gasteiger partial charge in [0.05, 0.1) is 34.6 Å². The molecule has 1 aromatic rings. The lowest BCUT2D eigenvalue weighted by Gasteiger charge is -2.14. The topological polar surface area (TPSA) is 96.3 Å². The van der Waals surface area contributed by atoms with E-state index in [1.54, 1.807) is 4.72 Å². The summed E-state index contributed by atoms with van der Waals surface area (Å²) in [6.45, 7) is 1.34. The fourth-order valence-electron chi connectivity index (χ4n) is 1.64. The number of hydrogen-bond donors (Lipinski definition) is 1. The fraction of sp³-hybridized carbons (Fsp3) is 0.385. The third-order valence-electron chi connectivity index (χ3n) is 2.83. The van der Waals surface area contributed by atoms with Crippen LogP contribution in [0.15, 0.2) is 23.1 Å². The van der Waals surface area contributed by atoms with Crippen molar-refractivity contribution in [2.45, 2.75) is 18.0 Å². The van der Waals surface area contributed by atoms with Crippen LogP contribution in [0.3, 0.4) is 0 Å². The van der Waals surface area contributed by atoms with Gasteiger partial charge in [0.1, 0.15) is 0 Å². The largest absolute Gasteiger partial charge is 0.417 e. The summed E-state index contributed by atoms with van der Waals surface area (Å²) in [5, 5.41) is 8.67. The first kappa shape index (κ1) is 18.9. The van der Waals surface area contributed by atoms with E-state index >= 15 is 0 Å². The summed E-state index contributed by atoms with van der Waals surface area (Å²) in [5.74, 6) is -1.72. The highest BCUT2D eigenvalue weighted by Crippen LogP contribution is 2.33. The molecule has 23 heavy (non-hydrogen) atoms. The van der Waals surface area contributed by atoms with Gasteiger partial charge in [-0.3, -0.25) is 4.79 Å². The molecular weight excluding hydrogens is 337 g/mol. The van der Waals surface area contributed by atoms with Crippen molar-refractivity contribution < 1.29 is 31.1 Å². The highest BCUT2D eigenvalue weighted by molar-refractivity contribution is 7.90. The maximum absolute atomic E-state index is 12.8. The van der Waals surface area contributed by atoms with Crippen molar-refractivity contribution in [1.29, 1.82) is 5.26 Å². The lowest BCUT2D eigenvalue weighted by molar-refractivity contribution is -0.138. The molecule has 0 heterocycles. The highest BCUT2D eigenvalue weighted by Gasteiger charge is 2.35. The summed E-state index contributed by atoms with van der Waals surface area (Å²) >= 11 is 0. The highest BCUT2D eigenvalue weighted by atomic mass is 32.2. The molecule has 1 atom stereocenters. The van der Waals surface area contributed by atoms with Crippen molar-refractivity contribution in [2.75, 3.05) is 13.7 Å². The molecule has 6 nitrogen and oxygen atoms in total. The zero-order chi connectivity index (χ0) is 17.8. The molecule has 1 aromatic carbocycles. The first-order valence-corrected chi connectivity index (χ1v) is 7.68. The van der Waals surface area contributed by atoms with E-state index in [1.807, 2.05) is 0 Å². The van der Waals surface area contributed by atoms with Gasteiger partial charge in [-0.2, -0.15) is 18.4 Å². The number of nitrogens with zero attached hydrogens (tertiary/aromatic N) is 1. The van der Waals surface area contributed by atoms with Gasteiger partial charge in [-0.05, 0) is 18.2 Å². The second-order valence-electron chi connectivity index (χ2n) is 4.64. The van der Waals surface area contributed by atoms with Crippen molar-refractivity contribution in [3.63, 3.8) is 0 Å². The van der Waals surface area contributed by atoms with Crippen LogP contribution in [0.1, 0.15) is 18.1 Å². The van der Waals surface area contributed by atoms with Gasteiger partial charge >= 0.3 is 6.18 Å². The first-order chi connectivity index (χ1) is 10.5. The Morgan fingerprint density at radius 2 is 2.04 bits per heavy atom. The quantitative estimate of drug-likeness (QED) is 0.871. The van der Waals surface area contributed by atoms with Crippen molar-refractivity contribution in [1.82, 2.24) is 4.72 Å². The number of carbonyl (C=O) groups is 1. The van der Waals surface area contributed by atoms with E-state index in [4.69, 9.17) is 10.00 Å². The Hall–Kier alpha value is -2.12. The average Bonchev–Trinajstić information content (AvgIpc) is 2.45. The summed E-state index contributed by atoms with van der Waals surface area (Å²) in [5.41, 5.74) is -2.10. The normalized spacial score (nSPS) is 13.2. The molecule has 0 saturated carbocycles. The Bertz CT molecular complexity index is 739. The molecular formula is C13H13F3N2O4S. The lowest BCUT2D eigenvalue weighted by Crippen LogP contribution is -2.36. The Labute approximate surface area is 130 Å². The number of sulfonamides is 1. The summed E-state index contributed by atoms with van der Waals surface area (Å²) in [6.07, 6.45) is -4.90. The van der Waals surface area contributed by atoms with Crippen LogP contribution in [0.25, 0.3) is 0 Å². The summed E-state index contributed by atoms with van der Waals surface area (Å²) in [6, 6.07) is 3.21. The third-order valence-corrected chi connectivity index (χ3v) is 4.17. The first-order valence-electron chi connectivity index (χ1n) is 6.20. The standard InChI is InChI=1S/C13H13F3N2O4S/c1-8(7-22-2)12(19)18-23(20,21)10-4-3-9(6-17)11(5-10)13(14,15)16/h3-5,8H,7H2,1-2H3,(H,18,19)/t8-/m0/s1. The second kappa shape index (κ2) is 6.97. The average molecular weight is 350 g/mol. The number of nitrogens with one attached hydrogen (secondary N) is 1. The van der Waals surface area contributed by atoms with Crippen molar-refractivity contribution in [3.05, 3.63) is 29.3 Å². The molecule has 0 fully saturated rings. The van der Waals surface area contributed by atoms with Gasteiger partial charge in [0, 0.05) is 7.11 Å². The summed E-state index contributed by atoms with van der Waals surface area (Å²) < 4.78 is 68.9. The summed E-state index contributed by atoms with van der Waals surface area (Å²) in [4.78, 5) is 10.9. The Kier molecular flexibility index (Phi) is 5.74. The molecule has 10 heteroatoms. The van der Waals surface area contributed by atoms with Crippen molar-refractivity contribution >= 4 is 15.9 Å². The maximum Gasteiger partial charge on any atom is 0.417 e. The van der Waals surface area contributed by atoms with Gasteiger partial charge < -0.3 is 4.74 Å². The van der Waals surface area contributed by atoms with E-state index in [2.05, 4.69) is 0 Å². The lowest BCUT2D eigenvalue weighted by atomic mass is 10.1. The third kappa shape index (κ3) is 4.67. The number of rotatable bonds is 5. The predicted molar refractivity (Wildman–Crippen MR) is 72.5 cm³/mol. The van der Waals surface area contributed by atoms with E-state index in [1.165, 1.54) is 20.1 Å². The van der Waals surface area contributed by atoms with E-state index < -0.39 is 44.0 Å². The number of amides is 1. The molecule has 0 spiro atoms. The van der Waals surface area contributed by atoms with Gasteiger partial charge in [0.15, 0.2) is 0 Å². The van der Waals surface area contributed by atoms with Gasteiger partial charge in [-0.15, -0.1) is 0 Å². The van der Waals surface area contributed by atoms with Crippen molar-refractivity contribution in [3.8, 4) is 6.07 Å².